The normalized spacial score (nSPS) is 10.6. The highest BCUT2D eigenvalue weighted by Crippen LogP contribution is 2.30. The van der Waals surface area contributed by atoms with Gasteiger partial charge in [0, 0.05) is 26.6 Å². The van der Waals surface area contributed by atoms with Crippen LogP contribution in [0.4, 0.5) is 15.2 Å². The van der Waals surface area contributed by atoms with E-state index in [-0.39, 0.29) is 17.6 Å². The van der Waals surface area contributed by atoms with Gasteiger partial charge < -0.3 is 10.6 Å². The van der Waals surface area contributed by atoms with Gasteiger partial charge in [-0.1, -0.05) is 36.4 Å². The standard InChI is InChI=1S/C25H20FN3O2S2/c1-16-23(17-6-3-2-4-7-17)29-25(33-16)28-22(30)15-32-21-9-5-8-20(14-21)27-24(31)18-10-12-19(26)13-11-18/h2-14H,15H2,1H3,(H,27,31)(H,28,29,30). The topological polar surface area (TPSA) is 71.1 Å². The maximum atomic E-state index is 13.0. The third kappa shape index (κ3) is 6.06. The lowest BCUT2D eigenvalue weighted by Crippen LogP contribution is -2.14. The van der Waals surface area contributed by atoms with Crippen LogP contribution in [0.15, 0.2) is 83.8 Å². The minimum absolute atomic E-state index is 0.158. The van der Waals surface area contributed by atoms with Gasteiger partial charge in [-0.05, 0) is 49.4 Å². The molecule has 4 aromatic rings. The van der Waals surface area contributed by atoms with Gasteiger partial charge in [-0.3, -0.25) is 9.59 Å². The zero-order valence-corrected chi connectivity index (χ0v) is 19.3. The molecule has 5 nitrogen and oxygen atoms in total. The number of nitrogens with one attached hydrogen (secondary N) is 2. The number of aromatic nitrogens is 1. The van der Waals surface area contributed by atoms with Crippen molar-refractivity contribution in [1.82, 2.24) is 4.98 Å². The highest BCUT2D eigenvalue weighted by atomic mass is 32.2. The molecular formula is C25H20FN3O2S2. The molecule has 2 amide bonds. The smallest absolute Gasteiger partial charge is 0.255 e. The summed E-state index contributed by atoms with van der Waals surface area (Å²) in [4.78, 5) is 31.2. The van der Waals surface area contributed by atoms with Crippen molar-refractivity contribution in [3.8, 4) is 11.3 Å². The first-order chi connectivity index (χ1) is 16.0. The predicted molar refractivity (Wildman–Crippen MR) is 132 cm³/mol. The maximum Gasteiger partial charge on any atom is 0.255 e. The fraction of sp³-hybridized carbons (Fsp3) is 0.0800. The molecule has 0 saturated heterocycles. The quantitative estimate of drug-likeness (QED) is 0.309. The number of benzene rings is 3. The number of thiazole rings is 1. The van der Waals surface area contributed by atoms with E-state index < -0.39 is 5.82 Å². The van der Waals surface area contributed by atoms with Crippen LogP contribution in [0.25, 0.3) is 11.3 Å². The van der Waals surface area contributed by atoms with E-state index in [0.717, 1.165) is 21.0 Å². The average Bonchev–Trinajstić information content (AvgIpc) is 3.18. The summed E-state index contributed by atoms with van der Waals surface area (Å²) in [6.45, 7) is 1.98. The van der Waals surface area contributed by atoms with Crippen LogP contribution in [0.2, 0.25) is 0 Å². The molecule has 0 aliphatic rings. The van der Waals surface area contributed by atoms with Crippen molar-refractivity contribution < 1.29 is 14.0 Å². The number of carbonyl (C=O) groups excluding carboxylic acids is 2. The highest BCUT2D eigenvalue weighted by molar-refractivity contribution is 8.00. The Bertz CT molecular complexity index is 1270. The van der Waals surface area contributed by atoms with E-state index in [4.69, 9.17) is 0 Å². The third-order valence-corrected chi connectivity index (χ3v) is 6.54. The number of carbonyl (C=O) groups is 2. The van der Waals surface area contributed by atoms with E-state index in [1.54, 1.807) is 18.2 Å². The lowest BCUT2D eigenvalue weighted by atomic mass is 10.1. The third-order valence-electron chi connectivity index (χ3n) is 4.66. The summed E-state index contributed by atoms with van der Waals surface area (Å²) >= 11 is 2.80. The Kier molecular flexibility index (Phi) is 7.16. The van der Waals surface area contributed by atoms with Crippen LogP contribution in [-0.4, -0.2) is 22.6 Å². The number of hydrogen-bond donors (Lipinski definition) is 2. The van der Waals surface area contributed by atoms with Crippen molar-refractivity contribution in [3.05, 3.63) is 95.1 Å². The van der Waals surface area contributed by atoms with Crippen LogP contribution in [0.3, 0.4) is 0 Å². The van der Waals surface area contributed by atoms with Crippen molar-refractivity contribution in [2.45, 2.75) is 11.8 Å². The molecule has 33 heavy (non-hydrogen) atoms. The van der Waals surface area contributed by atoms with E-state index in [1.165, 1.54) is 47.4 Å². The highest BCUT2D eigenvalue weighted by Gasteiger charge is 2.13. The summed E-state index contributed by atoms with van der Waals surface area (Å²) in [5.74, 6) is -0.681. The lowest BCUT2D eigenvalue weighted by Gasteiger charge is -2.08. The van der Waals surface area contributed by atoms with Gasteiger partial charge in [-0.15, -0.1) is 23.1 Å². The Morgan fingerprint density at radius 1 is 0.970 bits per heavy atom. The van der Waals surface area contributed by atoms with Crippen LogP contribution in [0, 0.1) is 12.7 Å². The summed E-state index contributed by atoms with van der Waals surface area (Å²) < 4.78 is 13.0. The zero-order chi connectivity index (χ0) is 23.2. The number of aryl methyl sites for hydroxylation is 1. The van der Waals surface area contributed by atoms with Gasteiger partial charge in [-0.2, -0.15) is 0 Å². The number of rotatable bonds is 7. The molecule has 166 valence electrons. The number of thioether (sulfide) groups is 1. The van der Waals surface area contributed by atoms with Gasteiger partial charge in [0.05, 0.1) is 11.4 Å². The first kappa shape index (κ1) is 22.7. The number of nitrogens with zero attached hydrogens (tertiary/aromatic N) is 1. The first-order valence-corrected chi connectivity index (χ1v) is 11.9. The molecule has 1 aromatic heterocycles. The largest absolute Gasteiger partial charge is 0.322 e. The van der Waals surface area contributed by atoms with E-state index in [2.05, 4.69) is 15.6 Å². The molecule has 8 heteroatoms. The molecule has 4 rings (SSSR count). The maximum absolute atomic E-state index is 13.0. The van der Waals surface area contributed by atoms with Crippen LogP contribution in [0.1, 0.15) is 15.2 Å². The molecule has 0 atom stereocenters. The van der Waals surface area contributed by atoms with Gasteiger partial charge in [-0.25, -0.2) is 9.37 Å². The molecule has 3 aromatic carbocycles. The molecule has 2 N–H and O–H groups in total. The molecular weight excluding hydrogens is 457 g/mol. The number of hydrogen-bond acceptors (Lipinski definition) is 5. The molecule has 0 saturated carbocycles. The molecule has 0 unspecified atom stereocenters. The number of halogens is 1. The minimum Gasteiger partial charge on any atom is -0.322 e. The van der Waals surface area contributed by atoms with Crippen LogP contribution in [-0.2, 0) is 4.79 Å². The Hall–Kier alpha value is -3.49. The van der Waals surface area contributed by atoms with Crippen molar-refractivity contribution in [2.24, 2.45) is 0 Å². The second-order valence-electron chi connectivity index (χ2n) is 7.12. The van der Waals surface area contributed by atoms with Crippen molar-refractivity contribution in [3.63, 3.8) is 0 Å². The van der Waals surface area contributed by atoms with Gasteiger partial charge in [0.15, 0.2) is 5.13 Å². The van der Waals surface area contributed by atoms with Gasteiger partial charge in [0.2, 0.25) is 5.91 Å². The Morgan fingerprint density at radius 2 is 1.73 bits per heavy atom. The van der Waals surface area contributed by atoms with E-state index in [1.807, 2.05) is 43.3 Å². The van der Waals surface area contributed by atoms with E-state index in [9.17, 15) is 14.0 Å². The second kappa shape index (κ2) is 10.4. The van der Waals surface area contributed by atoms with Gasteiger partial charge in [0.1, 0.15) is 5.82 Å². The SMILES string of the molecule is Cc1sc(NC(=O)CSc2cccc(NC(=O)c3ccc(F)cc3)c2)nc1-c1ccccc1. The molecule has 1 heterocycles. The molecule has 0 bridgehead atoms. The summed E-state index contributed by atoms with van der Waals surface area (Å²) in [6, 6.07) is 22.4. The van der Waals surface area contributed by atoms with E-state index >= 15 is 0 Å². The van der Waals surface area contributed by atoms with Crippen molar-refractivity contribution in [1.29, 1.82) is 0 Å². The summed E-state index contributed by atoms with van der Waals surface area (Å²) in [6.07, 6.45) is 0. The molecule has 0 spiro atoms. The fourth-order valence-corrected chi connectivity index (χ4v) is 4.69. The Balaban J connectivity index is 1.33. The summed E-state index contributed by atoms with van der Waals surface area (Å²) in [5, 5.41) is 6.22. The monoisotopic (exact) mass is 477 g/mol. The summed E-state index contributed by atoms with van der Waals surface area (Å²) in [5.41, 5.74) is 2.84. The average molecular weight is 478 g/mol. The van der Waals surface area contributed by atoms with E-state index in [0.29, 0.717) is 16.4 Å². The molecule has 0 aliphatic carbocycles. The first-order valence-electron chi connectivity index (χ1n) is 10.1. The molecule has 0 radical (unpaired) electrons. The Morgan fingerprint density at radius 3 is 2.48 bits per heavy atom. The lowest BCUT2D eigenvalue weighted by molar-refractivity contribution is -0.113. The molecule has 0 fully saturated rings. The predicted octanol–water partition coefficient (Wildman–Crippen LogP) is 6.24. The van der Waals surface area contributed by atoms with Crippen LogP contribution in [0.5, 0.6) is 0 Å². The van der Waals surface area contributed by atoms with Gasteiger partial charge in [0.25, 0.3) is 5.91 Å². The number of anilines is 2. The summed E-state index contributed by atoms with van der Waals surface area (Å²) in [7, 11) is 0. The van der Waals surface area contributed by atoms with Crippen LogP contribution >= 0.6 is 23.1 Å². The zero-order valence-electron chi connectivity index (χ0n) is 17.7. The van der Waals surface area contributed by atoms with Gasteiger partial charge >= 0.3 is 0 Å². The van der Waals surface area contributed by atoms with Crippen molar-refractivity contribution in [2.75, 3.05) is 16.4 Å². The molecule has 0 aliphatic heterocycles. The Labute approximate surface area is 199 Å². The minimum atomic E-state index is -0.396. The van der Waals surface area contributed by atoms with Crippen LogP contribution < -0.4 is 10.6 Å². The second-order valence-corrected chi connectivity index (χ2v) is 9.37. The van der Waals surface area contributed by atoms with Crippen molar-refractivity contribution >= 4 is 45.7 Å². The number of amides is 2. The fourth-order valence-electron chi connectivity index (χ4n) is 3.09.